The fraction of sp³-hybridized carbons (Fsp3) is 0.667. The van der Waals surface area contributed by atoms with Gasteiger partial charge in [0.2, 0.25) is 21.8 Å². The molecular formula is C24H38N4O5S. The van der Waals surface area contributed by atoms with E-state index in [2.05, 4.69) is 10.6 Å². The summed E-state index contributed by atoms with van der Waals surface area (Å²) in [6, 6.07) is 6.44. The smallest absolute Gasteiger partial charge is 0.243 e. The Hall–Kier alpha value is -2.01. The summed E-state index contributed by atoms with van der Waals surface area (Å²) in [4.78, 5) is 27.2. The molecule has 34 heavy (non-hydrogen) atoms. The van der Waals surface area contributed by atoms with Crippen molar-refractivity contribution < 1.29 is 22.7 Å². The van der Waals surface area contributed by atoms with Gasteiger partial charge in [0, 0.05) is 37.8 Å². The number of sulfonamides is 1. The zero-order valence-electron chi connectivity index (χ0n) is 20.3. The highest BCUT2D eigenvalue weighted by Crippen LogP contribution is 2.23. The average Bonchev–Trinajstić information content (AvgIpc) is 3.35. The van der Waals surface area contributed by atoms with Crippen molar-refractivity contribution in [3.63, 3.8) is 0 Å². The van der Waals surface area contributed by atoms with Gasteiger partial charge < -0.3 is 15.4 Å². The van der Waals surface area contributed by atoms with E-state index >= 15 is 0 Å². The molecule has 0 radical (unpaired) electrons. The van der Waals surface area contributed by atoms with Crippen molar-refractivity contribution in [3.8, 4) is 0 Å². The molecule has 10 heteroatoms. The molecule has 1 aromatic carbocycles. The molecule has 190 valence electrons. The molecule has 2 aliphatic rings. The van der Waals surface area contributed by atoms with Crippen LogP contribution in [0.1, 0.15) is 46.0 Å². The Labute approximate surface area is 203 Å². The molecule has 0 aliphatic carbocycles. The highest BCUT2D eigenvalue weighted by Gasteiger charge is 2.28. The molecule has 2 N–H and O–H groups in total. The second-order valence-electron chi connectivity index (χ2n) is 9.30. The second kappa shape index (κ2) is 12.6. The molecule has 0 aromatic heterocycles. The number of benzene rings is 1. The summed E-state index contributed by atoms with van der Waals surface area (Å²) in [6.07, 6.45) is 4.17. The first-order chi connectivity index (χ1) is 16.3. The minimum atomic E-state index is -3.53. The van der Waals surface area contributed by atoms with Gasteiger partial charge >= 0.3 is 0 Å². The van der Waals surface area contributed by atoms with Crippen molar-refractivity contribution in [1.29, 1.82) is 0 Å². The molecule has 9 nitrogen and oxygen atoms in total. The van der Waals surface area contributed by atoms with Crippen molar-refractivity contribution in [2.45, 2.75) is 57.0 Å². The standard InChI is InChI=1S/C24H38N4O5S/c1-19(2)33-16-6-11-25-24(30)20-9-14-27(15-10-20)18-23(29)26-21-7-5-8-22(17-21)34(31,32)28-12-3-4-13-28/h5,7-8,17,19-20H,3-4,6,9-16,18H2,1-2H3,(H,25,30)(H,26,29). The highest BCUT2D eigenvalue weighted by molar-refractivity contribution is 7.89. The molecule has 3 rings (SSSR count). The number of nitrogens with zero attached hydrogens (tertiary/aromatic N) is 2. The number of hydrogen-bond donors (Lipinski definition) is 2. The Bertz CT molecular complexity index is 923. The lowest BCUT2D eigenvalue weighted by molar-refractivity contribution is -0.126. The summed E-state index contributed by atoms with van der Waals surface area (Å²) in [5.74, 6) is -0.147. The van der Waals surface area contributed by atoms with Crippen molar-refractivity contribution in [2.24, 2.45) is 5.92 Å². The Morgan fingerprint density at radius 2 is 1.82 bits per heavy atom. The van der Waals surface area contributed by atoms with Gasteiger partial charge in [0.15, 0.2) is 0 Å². The highest BCUT2D eigenvalue weighted by atomic mass is 32.2. The summed E-state index contributed by atoms with van der Waals surface area (Å²) >= 11 is 0. The number of likely N-dealkylation sites (tertiary alicyclic amines) is 1. The first-order valence-electron chi connectivity index (χ1n) is 12.3. The Balaban J connectivity index is 1.40. The van der Waals surface area contributed by atoms with E-state index in [1.807, 2.05) is 18.7 Å². The van der Waals surface area contributed by atoms with Crippen LogP contribution in [-0.2, 0) is 24.3 Å². The molecule has 0 atom stereocenters. The van der Waals surface area contributed by atoms with Crippen LogP contribution < -0.4 is 10.6 Å². The number of anilines is 1. The lowest BCUT2D eigenvalue weighted by Crippen LogP contribution is -2.43. The summed E-state index contributed by atoms with van der Waals surface area (Å²) in [7, 11) is -3.53. The molecule has 2 fully saturated rings. The normalized spacial score (nSPS) is 18.3. The number of ether oxygens (including phenoxy) is 1. The lowest BCUT2D eigenvalue weighted by atomic mass is 9.96. The van der Waals surface area contributed by atoms with Crippen LogP contribution in [0.25, 0.3) is 0 Å². The molecule has 0 spiro atoms. The van der Waals surface area contributed by atoms with Gasteiger partial charge in [0.25, 0.3) is 0 Å². The van der Waals surface area contributed by atoms with Crippen LogP contribution in [0.5, 0.6) is 0 Å². The number of nitrogens with one attached hydrogen (secondary N) is 2. The minimum Gasteiger partial charge on any atom is -0.379 e. The van der Waals surface area contributed by atoms with E-state index < -0.39 is 10.0 Å². The molecular weight excluding hydrogens is 456 g/mol. The van der Waals surface area contributed by atoms with Crippen LogP contribution in [0.2, 0.25) is 0 Å². The summed E-state index contributed by atoms with van der Waals surface area (Å²) in [5, 5.41) is 5.80. The van der Waals surface area contributed by atoms with E-state index in [1.165, 1.54) is 10.4 Å². The third-order valence-electron chi connectivity index (χ3n) is 6.22. The molecule has 0 saturated carbocycles. The molecule has 2 aliphatic heterocycles. The van der Waals surface area contributed by atoms with Crippen molar-refractivity contribution in [3.05, 3.63) is 24.3 Å². The van der Waals surface area contributed by atoms with E-state index in [0.29, 0.717) is 57.9 Å². The van der Waals surface area contributed by atoms with Crippen molar-refractivity contribution in [2.75, 3.05) is 51.2 Å². The molecule has 2 amide bonds. The lowest BCUT2D eigenvalue weighted by Gasteiger charge is -2.30. The largest absolute Gasteiger partial charge is 0.379 e. The van der Waals surface area contributed by atoms with E-state index in [1.54, 1.807) is 18.2 Å². The predicted molar refractivity (Wildman–Crippen MR) is 131 cm³/mol. The zero-order valence-corrected chi connectivity index (χ0v) is 21.1. The first-order valence-corrected chi connectivity index (χ1v) is 13.7. The molecule has 0 bridgehead atoms. The maximum Gasteiger partial charge on any atom is 0.243 e. The van der Waals surface area contributed by atoms with Gasteiger partial charge in [0.05, 0.1) is 17.5 Å². The van der Waals surface area contributed by atoms with Crippen molar-refractivity contribution in [1.82, 2.24) is 14.5 Å². The van der Waals surface area contributed by atoms with Gasteiger partial charge in [-0.1, -0.05) is 6.07 Å². The summed E-state index contributed by atoms with van der Waals surface area (Å²) in [6.45, 7) is 7.87. The monoisotopic (exact) mass is 494 g/mol. The third kappa shape index (κ3) is 7.76. The van der Waals surface area contributed by atoms with Gasteiger partial charge in [-0.2, -0.15) is 4.31 Å². The minimum absolute atomic E-state index is 0.0298. The Morgan fingerprint density at radius 1 is 1.12 bits per heavy atom. The predicted octanol–water partition coefficient (Wildman–Crippen LogP) is 2.05. The van der Waals surface area contributed by atoms with Gasteiger partial charge in [-0.3, -0.25) is 14.5 Å². The summed E-state index contributed by atoms with van der Waals surface area (Å²) < 4.78 is 32.5. The zero-order chi connectivity index (χ0) is 24.6. The van der Waals surface area contributed by atoms with Gasteiger partial charge in [-0.05, 0) is 77.2 Å². The fourth-order valence-corrected chi connectivity index (χ4v) is 5.88. The maximum absolute atomic E-state index is 12.8. The van der Waals surface area contributed by atoms with Gasteiger partial charge in [-0.15, -0.1) is 0 Å². The van der Waals surface area contributed by atoms with Crippen LogP contribution in [-0.4, -0.2) is 81.4 Å². The molecule has 2 saturated heterocycles. The van der Waals surface area contributed by atoms with E-state index in [-0.39, 0.29) is 35.3 Å². The number of rotatable bonds is 11. The van der Waals surface area contributed by atoms with E-state index in [9.17, 15) is 18.0 Å². The number of carbonyl (C=O) groups is 2. The van der Waals surface area contributed by atoms with Gasteiger partial charge in [0.1, 0.15) is 0 Å². The quantitative estimate of drug-likeness (QED) is 0.456. The number of carbonyl (C=O) groups excluding carboxylic acids is 2. The maximum atomic E-state index is 12.8. The van der Waals surface area contributed by atoms with Gasteiger partial charge in [-0.25, -0.2) is 8.42 Å². The van der Waals surface area contributed by atoms with E-state index in [0.717, 1.165) is 19.3 Å². The fourth-order valence-electron chi connectivity index (χ4n) is 4.32. The summed E-state index contributed by atoms with van der Waals surface area (Å²) in [5.41, 5.74) is 0.473. The molecule has 1 aromatic rings. The Kier molecular flexibility index (Phi) is 9.87. The number of piperidine rings is 1. The van der Waals surface area contributed by atoms with Crippen LogP contribution >= 0.6 is 0 Å². The van der Waals surface area contributed by atoms with Crippen molar-refractivity contribution >= 4 is 27.5 Å². The van der Waals surface area contributed by atoms with Crippen LogP contribution in [0.15, 0.2) is 29.2 Å². The number of hydrogen-bond acceptors (Lipinski definition) is 6. The van der Waals surface area contributed by atoms with Crippen LogP contribution in [0.3, 0.4) is 0 Å². The second-order valence-corrected chi connectivity index (χ2v) is 11.2. The topological polar surface area (TPSA) is 108 Å². The first kappa shape index (κ1) is 26.6. The molecule has 2 heterocycles. The van der Waals surface area contributed by atoms with E-state index in [4.69, 9.17) is 4.74 Å². The Morgan fingerprint density at radius 3 is 2.50 bits per heavy atom. The van der Waals surface area contributed by atoms with Crippen LogP contribution in [0.4, 0.5) is 5.69 Å². The number of amides is 2. The van der Waals surface area contributed by atoms with Crippen LogP contribution in [0, 0.1) is 5.92 Å². The average molecular weight is 495 g/mol. The third-order valence-corrected chi connectivity index (χ3v) is 8.11. The SMILES string of the molecule is CC(C)OCCCNC(=O)C1CCN(CC(=O)Nc2cccc(S(=O)(=O)N3CCCC3)c2)CC1. The molecule has 0 unspecified atom stereocenters.